The minimum atomic E-state index is 0.493. The number of rotatable bonds is 10. The lowest BCUT2D eigenvalue weighted by molar-refractivity contribution is 0.297. The number of benzene rings is 3. The Morgan fingerprint density at radius 2 is 1.31 bits per heavy atom. The average Bonchev–Trinajstić information content (AvgIpc) is 3.07. The number of ether oxygens (including phenoxy) is 2. The van der Waals surface area contributed by atoms with Crippen LogP contribution in [0.2, 0.25) is 5.02 Å². The van der Waals surface area contributed by atoms with Crippen LogP contribution in [-0.2, 0) is 13.1 Å². The monoisotopic (exact) mass is 513 g/mol. The summed E-state index contributed by atoms with van der Waals surface area (Å²) in [5.41, 5.74) is 2.62. The van der Waals surface area contributed by atoms with Gasteiger partial charge in [-0.05, 0) is 61.4 Å². The van der Waals surface area contributed by atoms with E-state index in [1.807, 2.05) is 65.2 Å². The Morgan fingerprint density at radius 3 is 1.94 bits per heavy atom. The highest BCUT2D eigenvalue weighted by molar-refractivity contribution is 9.10. The molecule has 0 radical (unpaired) electrons. The van der Waals surface area contributed by atoms with Gasteiger partial charge in [-0.2, -0.15) is 0 Å². The standard InChI is InChI=1S/C25H25BrClN3O2/c26-19-11-13-20(14-12-19)31-17-5-15-29-22-8-2-3-9-23(22)30(25(29)28)16-6-18-32-24-10-4-1-7-21(24)27/h1-4,7-14,28H,5-6,15-18H2. The fourth-order valence-electron chi connectivity index (χ4n) is 3.66. The van der Waals surface area contributed by atoms with E-state index >= 15 is 0 Å². The van der Waals surface area contributed by atoms with E-state index in [0.29, 0.717) is 36.1 Å². The number of imidazole rings is 1. The van der Waals surface area contributed by atoms with E-state index in [0.717, 1.165) is 40.6 Å². The molecule has 5 nitrogen and oxygen atoms in total. The second-order valence-corrected chi connectivity index (χ2v) is 8.73. The Bertz CT molecular complexity index is 1230. The minimum absolute atomic E-state index is 0.493. The Balaban J connectivity index is 1.38. The third-order valence-corrected chi connectivity index (χ3v) is 6.04. The van der Waals surface area contributed by atoms with Gasteiger partial charge in [-0.15, -0.1) is 0 Å². The zero-order valence-electron chi connectivity index (χ0n) is 17.6. The molecule has 0 aliphatic rings. The van der Waals surface area contributed by atoms with Crippen LogP contribution in [0.1, 0.15) is 12.8 Å². The molecule has 0 aliphatic carbocycles. The zero-order valence-corrected chi connectivity index (χ0v) is 20.0. The average molecular weight is 515 g/mol. The topological polar surface area (TPSA) is 52.2 Å². The molecule has 0 amide bonds. The summed E-state index contributed by atoms with van der Waals surface area (Å²) in [7, 11) is 0. The molecule has 32 heavy (non-hydrogen) atoms. The molecular weight excluding hydrogens is 490 g/mol. The van der Waals surface area contributed by atoms with Gasteiger partial charge in [0.25, 0.3) is 0 Å². The van der Waals surface area contributed by atoms with Gasteiger partial charge in [0.05, 0.1) is 29.3 Å². The molecular formula is C25H25BrClN3O2. The third kappa shape index (κ3) is 5.37. The van der Waals surface area contributed by atoms with Crippen molar-refractivity contribution in [3.8, 4) is 11.5 Å². The SMILES string of the molecule is N=c1n(CCCOc2ccc(Br)cc2)c2ccccc2n1CCCOc1ccccc1Cl. The van der Waals surface area contributed by atoms with Gasteiger partial charge in [0.1, 0.15) is 11.5 Å². The highest BCUT2D eigenvalue weighted by atomic mass is 79.9. The van der Waals surface area contributed by atoms with E-state index < -0.39 is 0 Å². The highest BCUT2D eigenvalue weighted by Crippen LogP contribution is 2.23. The summed E-state index contributed by atoms with van der Waals surface area (Å²) in [5.74, 6) is 1.55. The van der Waals surface area contributed by atoms with Crippen molar-refractivity contribution >= 4 is 38.6 Å². The maximum Gasteiger partial charge on any atom is 0.202 e. The quantitative estimate of drug-likeness (QED) is 0.253. The first-order valence-corrected chi connectivity index (χ1v) is 11.8. The molecule has 0 fully saturated rings. The minimum Gasteiger partial charge on any atom is -0.494 e. The van der Waals surface area contributed by atoms with Crippen molar-refractivity contribution < 1.29 is 9.47 Å². The number of nitrogens with one attached hydrogen (secondary N) is 1. The summed E-state index contributed by atoms with van der Waals surface area (Å²) in [4.78, 5) is 0. The van der Waals surface area contributed by atoms with Crippen LogP contribution < -0.4 is 15.1 Å². The van der Waals surface area contributed by atoms with E-state index in [9.17, 15) is 0 Å². The second-order valence-electron chi connectivity index (χ2n) is 7.40. The molecule has 0 saturated carbocycles. The predicted octanol–water partition coefficient (Wildman–Crippen LogP) is 6.28. The second kappa shape index (κ2) is 10.7. The van der Waals surface area contributed by atoms with Crippen LogP contribution in [0, 0.1) is 5.41 Å². The van der Waals surface area contributed by atoms with Crippen molar-refractivity contribution in [2.24, 2.45) is 0 Å². The van der Waals surface area contributed by atoms with E-state index in [2.05, 4.69) is 32.6 Å². The van der Waals surface area contributed by atoms with E-state index in [-0.39, 0.29) is 0 Å². The molecule has 1 aromatic heterocycles. The molecule has 7 heteroatoms. The summed E-state index contributed by atoms with van der Waals surface area (Å²) >= 11 is 9.59. The fourth-order valence-corrected chi connectivity index (χ4v) is 4.11. The zero-order chi connectivity index (χ0) is 22.3. The number of para-hydroxylation sites is 3. The van der Waals surface area contributed by atoms with Crippen LogP contribution in [0.5, 0.6) is 11.5 Å². The van der Waals surface area contributed by atoms with Gasteiger partial charge < -0.3 is 18.6 Å². The smallest absolute Gasteiger partial charge is 0.202 e. The number of halogens is 2. The number of fused-ring (bicyclic) bond motifs is 1. The maximum absolute atomic E-state index is 8.75. The maximum atomic E-state index is 8.75. The van der Waals surface area contributed by atoms with Gasteiger partial charge in [0, 0.05) is 17.6 Å². The number of hydrogen-bond acceptors (Lipinski definition) is 3. The third-order valence-electron chi connectivity index (χ3n) is 5.20. The van der Waals surface area contributed by atoms with Gasteiger partial charge in [0.2, 0.25) is 5.62 Å². The van der Waals surface area contributed by atoms with Crippen molar-refractivity contribution in [3.63, 3.8) is 0 Å². The normalized spacial score (nSPS) is 11.1. The first kappa shape index (κ1) is 22.5. The molecule has 0 unspecified atom stereocenters. The number of aryl methyl sites for hydroxylation is 2. The molecule has 4 rings (SSSR count). The summed E-state index contributed by atoms with van der Waals surface area (Å²) < 4.78 is 16.8. The van der Waals surface area contributed by atoms with Crippen LogP contribution >= 0.6 is 27.5 Å². The summed E-state index contributed by atoms with van der Waals surface area (Å²) in [5, 5.41) is 9.36. The molecule has 4 aromatic rings. The Kier molecular flexibility index (Phi) is 7.55. The largest absolute Gasteiger partial charge is 0.494 e. The predicted molar refractivity (Wildman–Crippen MR) is 132 cm³/mol. The van der Waals surface area contributed by atoms with Gasteiger partial charge in [-0.3, -0.25) is 5.41 Å². The van der Waals surface area contributed by atoms with Gasteiger partial charge in [-0.1, -0.05) is 51.8 Å². The molecule has 1 N–H and O–H groups in total. The molecule has 1 heterocycles. The molecule has 0 aliphatic heterocycles. The molecule has 0 saturated heterocycles. The molecule has 0 spiro atoms. The number of nitrogens with zero attached hydrogens (tertiary/aromatic N) is 2. The van der Waals surface area contributed by atoms with Crippen molar-refractivity contribution in [3.05, 3.63) is 87.9 Å². The van der Waals surface area contributed by atoms with Crippen LogP contribution in [0.15, 0.2) is 77.3 Å². The van der Waals surface area contributed by atoms with E-state index in [1.165, 1.54) is 0 Å². The van der Waals surface area contributed by atoms with Crippen molar-refractivity contribution in [1.82, 2.24) is 9.13 Å². The van der Waals surface area contributed by atoms with Crippen LogP contribution in [0.3, 0.4) is 0 Å². The summed E-state index contributed by atoms with van der Waals surface area (Å²) in [6, 6.07) is 23.5. The highest BCUT2D eigenvalue weighted by Gasteiger charge is 2.10. The molecule has 166 valence electrons. The lowest BCUT2D eigenvalue weighted by Crippen LogP contribution is -2.26. The van der Waals surface area contributed by atoms with E-state index in [1.54, 1.807) is 0 Å². The van der Waals surface area contributed by atoms with E-state index in [4.69, 9.17) is 26.5 Å². The lowest BCUT2D eigenvalue weighted by Gasteiger charge is -2.09. The number of aromatic nitrogens is 2. The van der Waals surface area contributed by atoms with Crippen LogP contribution in [0.25, 0.3) is 11.0 Å². The van der Waals surface area contributed by atoms with Crippen molar-refractivity contribution in [2.75, 3.05) is 13.2 Å². The van der Waals surface area contributed by atoms with Crippen molar-refractivity contribution in [1.29, 1.82) is 5.41 Å². The molecule has 0 bridgehead atoms. The van der Waals surface area contributed by atoms with Crippen molar-refractivity contribution in [2.45, 2.75) is 25.9 Å². The molecule has 3 aromatic carbocycles. The lowest BCUT2D eigenvalue weighted by atomic mass is 10.3. The molecule has 0 atom stereocenters. The first-order chi connectivity index (χ1) is 15.6. The fraction of sp³-hybridized carbons (Fsp3) is 0.240. The summed E-state index contributed by atoms with van der Waals surface area (Å²) in [6.45, 7) is 2.56. The van der Waals surface area contributed by atoms with Crippen LogP contribution in [-0.4, -0.2) is 22.3 Å². The Morgan fingerprint density at radius 1 is 0.750 bits per heavy atom. The number of hydrogen-bond donors (Lipinski definition) is 1. The van der Waals surface area contributed by atoms with Gasteiger partial charge in [-0.25, -0.2) is 0 Å². The Hall–Kier alpha value is -2.70. The van der Waals surface area contributed by atoms with Gasteiger partial charge >= 0.3 is 0 Å². The van der Waals surface area contributed by atoms with Crippen LogP contribution in [0.4, 0.5) is 0 Å². The summed E-state index contributed by atoms with van der Waals surface area (Å²) in [6.07, 6.45) is 1.60. The van der Waals surface area contributed by atoms with Gasteiger partial charge in [0.15, 0.2) is 0 Å². The Labute approximate surface area is 200 Å². The first-order valence-electron chi connectivity index (χ1n) is 10.6.